The van der Waals surface area contributed by atoms with Crippen LogP contribution in [0.25, 0.3) is 0 Å². The molecule has 0 saturated carbocycles. The molecule has 1 N–H and O–H groups in total. The Bertz CT molecular complexity index is 522. The van der Waals surface area contributed by atoms with E-state index in [1.54, 1.807) is 0 Å². The van der Waals surface area contributed by atoms with E-state index >= 15 is 0 Å². The molecule has 0 aliphatic heterocycles. The van der Waals surface area contributed by atoms with Crippen LogP contribution in [0.4, 0.5) is 0 Å². The topological polar surface area (TPSA) is 38.3 Å². The average molecular weight is 303 g/mol. The van der Waals surface area contributed by atoms with E-state index in [2.05, 4.69) is 24.4 Å². The Morgan fingerprint density at radius 1 is 1.23 bits per heavy atom. The minimum atomic E-state index is -0.424. The van der Waals surface area contributed by atoms with Gasteiger partial charge in [-0.3, -0.25) is 4.79 Å². The van der Waals surface area contributed by atoms with Crippen LogP contribution in [0.2, 0.25) is 0 Å². The summed E-state index contributed by atoms with van der Waals surface area (Å²) in [4.78, 5) is 12.4. The van der Waals surface area contributed by atoms with Crippen LogP contribution in [0.1, 0.15) is 64.5 Å². The molecule has 1 unspecified atom stereocenters. The minimum absolute atomic E-state index is 0.0212. The Morgan fingerprint density at radius 2 is 1.91 bits per heavy atom. The molecular formula is C19H29NO2. The van der Waals surface area contributed by atoms with Gasteiger partial charge < -0.3 is 10.1 Å². The molecule has 1 amide bonds. The fourth-order valence-electron chi connectivity index (χ4n) is 2.77. The first-order valence-corrected chi connectivity index (χ1v) is 8.55. The Hall–Kier alpha value is -1.51. The highest BCUT2D eigenvalue weighted by Crippen LogP contribution is 2.26. The number of aryl methyl sites for hydroxylation is 2. The van der Waals surface area contributed by atoms with Gasteiger partial charge in [0, 0.05) is 5.54 Å². The highest BCUT2D eigenvalue weighted by molar-refractivity contribution is 5.81. The number of rotatable bonds is 6. The molecule has 1 atom stereocenters. The minimum Gasteiger partial charge on any atom is -0.481 e. The summed E-state index contributed by atoms with van der Waals surface area (Å²) in [5, 5.41) is 3.08. The number of carbonyl (C=O) groups is 1. The van der Waals surface area contributed by atoms with Crippen LogP contribution in [0.5, 0.6) is 5.75 Å². The van der Waals surface area contributed by atoms with Crippen LogP contribution in [0.3, 0.4) is 0 Å². The zero-order chi connectivity index (χ0) is 16.2. The molecule has 0 bridgehead atoms. The predicted molar refractivity (Wildman–Crippen MR) is 90.3 cm³/mol. The number of carbonyl (C=O) groups excluding carboxylic acids is 1. The molecule has 0 heterocycles. The summed E-state index contributed by atoms with van der Waals surface area (Å²) in [5.41, 5.74) is 2.63. The Morgan fingerprint density at radius 3 is 2.55 bits per heavy atom. The summed E-state index contributed by atoms with van der Waals surface area (Å²) in [6.07, 6.45) is 5.96. The molecule has 0 spiro atoms. The predicted octanol–water partition coefficient (Wildman–Crippen LogP) is 4.03. The van der Waals surface area contributed by atoms with Crippen molar-refractivity contribution in [3.63, 3.8) is 0 Å². The quantitative estimate of drug-likeness (QED) is 0.861. The van der Waals surface area contributed by atoms with Gasteiger partial charge >= 0.3 is 0 Å². The molecule has 0 aromatic heterocycles. The van der Waals surface area contributed by atoms with Crippen molar-refractivity contribution in [2.24, 2.45) is 0 Å². The molecule has 3 heteroatoms. The maximum atomic E-state index is 12.4. The van der Waals surface area contributed by atoms with Crippen LogP contribution in [-0.2, 0) is 17.6 Å². The monoisotopic (exact) mass is 303 g/mol. The van der Waals surface area contributed by atoms with E-state index < -0.39 is 6.10 Å². The van der Waals surface area contributed by atoms with Crippen molar-refractivity contribution in [3.05, 3.63) is 29.3 Å². The third-order valence-corrected chi connectivity index (χ3v) is 4.61. The highest BCUT2D eigenvalue weighted by Gasteiger charge is 2.25. The van der Waals surface area contributed by atoms with Crippen molar-refractivity contribution in [2.45, 2.75) is 77.9 Å². The maximum absolute atomic E-state index is 12.4. The van der Waals surface area contributed by atoms with E-state index in [9.17, 15) is 4.79 Å². The van der Waals surface area contributed by atoms with E-state index in [4.69, 9.17) is 4.74 Å². The van der Waals surface area contributed by atoms with Crippen LogP contribution >= 0.6 is 0 Å². The van der Waals surface area contributed by atoms with Crippen molar-refractivity contribution in [1.82, 2.24) is 5.32 Å². The van der Waals surface area contributed by atoms with E-state index in [-0.39, 0.29) is 11.4 Å². The van der Waals surface area contributed by atoms with Gasteiger partial charge in [-0.15, -0.1) is 0 Å². The second-order valence-electron chi connectivity index (χ2n) is 6.88. The fraction of sp³-hybridized carbons (Fsp3) is 0.632. The van der Waals surface area contributed by atoms with Gasteiger partial charge in [0.05, 0.1) is 0 Å². The zero-order valence-corrected chi connectivity index (χ0v) is 14.4. The fourth-order valence-corrected chi connectivity index (χ4v) is 2.77. The van der Waals surface area contributed by atoms with E-state index in [0.717, 1.165) is 25.0 Å². The number of benzene rings is 1. The largest absolute Gasteiger partial charge is 0.481 e. The Labute approximate surface area is 134 Å². The van der Waals surface area contributed by atoms with Gasteiger partial charge in [-0.05, 0) is 75.6 Å². The van der Waals surface area contributed by atoms with Gasteiger partial charge in [-0.25, -0.2) is 0 Å². The smallest absolute Gasteiger partial charge is 0.261 e. The summed E-state index contributed by atoms with van der Waals surface area (Å²) < 4.78 is 5.97. The van der Waals surface area contributed by atoms with Gasteiger partial charge in [0.15, 0.2) is 6.10 Å². The van der Waals surface area contributed by atoms with Crippen LogP contribution in [0, 0.1) is 0 Å². The summed E-state index contributed by atoms with van der Waals surface area (Å²) in [7, 11) is 0. The molecule has 0 fully saturated rings. The SMILES string of the molecule is CCC(Oc1ccc2c(c1)CCCC2)C(=O)NC(C)(C)CC. The standard InChI is InChI=1S/C19H29NO2/c1-5-17(18(21)20-19(3,4)6-2)22-16-12-11-14-9-7-8-10-15(14)13-16/h11-13,17H,5-10H2,1-4H3,(H,20,21). The summed E-state index contributed by atoms with van der Waals surface area (Å²) in [6.45, 7) is 8.14. The second kappa shape index (κ2) is 7.17. The molecule has 0 saturated heterocycles. The molecule has 1 aliphatic carbocycles. The molecule has 1 aromatic carbocycles. The molecular weight excluding hydrogens is 274 g/mol. The number of hydrogen-bond acceptors (Lipinski definition) is 2. The van der Waals surface area contributed by atoms with E-state index in [0.29, 0.717) is 6.42 Å². The van der Waals surface area contributed by atoms with Gasteiger partial charge in [-0.2, -0.15) is 0 Å². The van der Waals surface area contributed by atoms with Crippen molar-refractivity contribution in [1.29, 1.82) is 0 Å². The summed E-state index contributed by atoms with van der Waals surface area (Å²) in [6, 6.07) is 6.28. The van der Waals surface area contributed by atoms with Gasteiger partial charge in [0.2, 0.25) is 0 Å². The lowest BCUT2D eigenvalue weighted by Crippen LogP contribution is -2.48. The summed E-state index contributed by atoms with van der Waals surface area (Å²) in [5.74, 6) is 0.795. The molecule has 0 radical (unpaired) electrons. The molecule has 122 valence electrons. The van der Waals surface area contributed by atoms with Crippen LogP contribution in [-0.4, -0.2) is 17.6 Å². The average Bonchev–Trinajstić information content (AvgIpc) is 2.52. The van der Waals surface area contributed by atoms with Crippen molar-refractivity contribution in [3.8, 4) is 5.75 Å². The lowest BCUT2D eigenvalue weighted by atomic mass is 9.92. The molecule has 22 heavy (non-hydrogen) atoms. The lowest BCUT2D eigenvalue weighted by molar-refractivity contribution is -0.129. The molecule has 1 aromatic rings. The number of nitrogens with one attached hydrogen (secondary N) is 1. The molecule has 1 aliphatic rings. The number of ether oxygens (including phenoxy) is 1. The van der Waals surface area contributed by atoms with Gasteiger partial charge in [0.25, 0.3) is 5.91 Å². The first-order chi connectivity index (χ1) is 10.4. The summed E-state index contributed by atoms with van der Waals surface area (Å²) >= 11 is 0. The lowest BCUT2D eigenvalue weighted by Gasteiger charge is -2.27. The third-order valence-electron chi connectivity index (χ3n) is 4.61. The Balaban J connectivity index is 2.05. The number of amides is 1. The van der Waals surface area contributed by atoms with Crippen LogP contribution < -0.4 is 10.1 Å². The van der Waals surface area contributed by atoms with Gasteiger partial charge in [0.1, 0.15) is 5.75 Å². The van der Waals surface area contributed by atoms with Crippen LogP contribution in [0.15, 0.2) is 18.2 Å². The first-order valence-electron chi connectivity index (χ1n) is 8.55. The van der Waals surface area contributed by atoms with Crippen molar-refractivity contribution < 1.29 is 9.53 Å². The van der Waals surface area contributed by atoms with Crippen molar-refractivity contribution in [2.75, 3.05) is 0 Å². The number of hydrogen-bond donors (Lipinski definition) is 1. The van der Waals surface area contributed by atoms with E-state index in [1.165, 1.54) is 24.0 Å². The maximum Gasteiger partial charge on any atom is 0.261 e. The normalized spacial score (nSPS) is 15.8. The number of fused-ring (bicyclic) bond motifs is 1. The highest BCUT2D eigenvalue weighted by atomic mass is 16.5. The zero-order valence-electron chi connectivity index (χ0n) is 14.4. The van der Waals surface area contributed by atoms with Crippen molar-refractivity contribution >= 4 is 5.91 Å². The second-order valence-corrected chi connectivity index (χ2v) is 6.88. The first kappa shape index (κ1) is 16.9. The van der Waals surface area contributed by atoms with E-state index in [1.807, 2.05) is 26.8 Å². The molecule has 2 rings (SSSR count). The van der Waals surface area contributed by atoms with Gasteiger partial charge in [-0.1, -0.05) is 19.9 Å². The Kier molecular flexibility index (Phi) is 5.49. The third kappa shape index (κ3) is 4.25. The molecule has 3 nitrogen and oxygen atoms in total.